The fourth-order valence-corrected chi connectivity index (χ4v) is 8.86. The van der Waals surface area contributed by atoms with Gasteiger partial charge in [0.1, 0.15) is 0 Å². The molecule has 210 valence electrons. The summed E-state index contributed by atoms with van der Waals surface area (Å²) < 4.78 is 5.17. The zero-order chi connectivity index (χ0) is 29.5. The topological polar surface area (TPSA) is 4.93 Å². The van der Waals surface area contributed by atoms with Gasteiger partial charge in [0.15, 0.2) is 0 Å². The Hall–Kier alpha value is -5.44. The van der Waals surface area contributed by atoms with Gasteiger partial charge in [-0.2, -0.15) is 0 Å². The van der Waals surface area contributed by atoms with E-state index in [9.17, 15) is 0 Å². The Kier molecular flexibility index (Phi) is 5.28. The van der Waals surface area contributed by atoms with E-state index < -0.39 is 0 Å². The lowest BCUT2D eigenvalue weighted by molar-refractivity contribution is 1.16. The van der Waals surface area contributed by atoms with Crippen molar-refractivity contribution in [1.82, 2.24) is 4.57 Å². The first kappa shape index (κ1) is 24.9. The van der Waals surface area contributed by atoms with E-state index in [0.29, 0.717) is 0 Å². The summed E-state index contributed by atoms with van der Waals surface area (Å²) in [6, 6.07) is 56.0. The molecular formula is C43H27NS. The summed E-state index contributed by atoms with van der Waals surface area (Å²) >= 11 is 1.91. The molecule has 9 aromatic rings. The molecule has 1 aliphatic rings. The highest BCUT2D eigenvalue weighted by Gasteiger charge is 2.24. The molecule has 0 amide bonds. The van der Waals surface area contributed by atoms with Crippen molar-refractivity contribution in [3.05, 3.63) is 163 Å². The van der Waals surface area contributed by atoms with E-state index in [0.717, 1.165) is 6.42 Å². The molecule has 0 aliphatic heterocycles. The fourth-order valence-electron chi connectivity index (χ4n) is 7.63. The van der Waals surface area contributed by atoms with Gasteiger partial charge in [0, 0.05) is 42.2 Å². The maximum absolute atomic E-state index is 2.45. The van der Waals surface area contributed by atoms with Crippen molar-refractivity contribution in [3.63, 3.8) is 0 Å². The first-order valence-corrected chi connectivity index (χ1v) is 16.4. The summed E-state index contributed by atoms with van der Waals surface area (Å²) in [6.45, 7) is 0. The number of para-hydroxylation sites is 1. The molecule has 2 heteroatoms. The highest BCUT2D eigenvalue weighted by Crippen LogP contribution is 2.48. The molecule has 0 bridgehead atoms. The van der Waals surface area contributed by atoms with Crippen LogP contribution >= 0.6 is 11.3 Å². The molecule has 0 unspecified atom stereocenters. The van der Waals surface area contributed by atoms with Crippen LogP contribution in [0.2, 0.25) is 0 Å². The second kappa shape index (κ2) is 9.53. The van der Waals surface area contributed by atoms with Crippen molar-refractivity contribution in [2.75, 3.05) is 0 Å². The van der Waals surface area contributed by atoms with Gasteiger partial charge in [-0.15, -0.1) is 11.3 Å². The summed E-state index contributed by atoms with van der Waals surface area (Å²) in [5.74, 6) is 0. The molecule has 2 aromatic heterocycles. The number of benzene rings is 7. The third-order valence-corrected chi connectivity index (χ3v) is 10.8. The third-order valence-electron chi connectivity index (χ3n) is 9.62. The maximum Gasteiger partial charge on any atom is 0.0541 e. The minimum absolute atomic E-state index is 0.948. The van der Waals surface area contributed by atoms with Gasteiger partial charge in [-0.1, -0.05) is 115 Å². The lowest BCUT2D eigenvalue weighted by Crippen LogP contribution is -1.95. The van der Waals surface area contributed by atoms with Gasteiger partial charge in [0.2, 0.25) is 0 Å². The van der Waals surface area contributed by atoms with Gasteiger partial charge >= 0.3 is 0 Å². The molecule has 0 saturated heterocycles. The Morgan fingerprint density at radius 1 is 0.444 bits per heavy atom. The zero-order valence-electron chi connectivity index (χ0n) is 24.5. The number of thiophene rings is 1. The standard InChI is InChI=1S/C43H27NS/c1-2-10-27(11-3-1)28-20-23-40-38(26-28)33-13-4-6-18-39(33)44(40)31-21-22-32-30(25-31)24-29-12-8-15-35(42(29)32)37-17-9-16-36-34-14-5-7-19-41(34)45-43(36)37/h1-23,25-26H,24H2. The SMILES string of the molecule is c1ccc(-c2ccc3c(c2)c2ccccc2n3-c2ccc3c(c2)Cc2cccc(-c4cccc5c4sc4ccccc45)c2-3)cc1. The first-order chi connectivity index (χ1) is 22.3. The minimum atomic E-state index is 0.948. The fraction of sp³-hybridized carbons (Fsp3) is 0.0233. The molecule has 0 atom stereocenters. The van der Waals surface area contributed by atoms with E-state index in [2.05, 4.69) is 156 Å². The normalized spacial score (nSPS) is 12.4. The van der Waals surface area contributed by atoms with E-state index >= 15 is 0 Å². The van der Waals surface area contributed by atoms with Gasteiger partial charge in [0.05, 0.1) is 11.0 Å². The molecule has 45 heavy (non-hydrogen) atoms. The van der Waals surface area contributed by atoms with Crippen molar-refractivity contribution < 1.29 is 0 Å². The number of hydrogen-bond acceptors (Lipinski definition) is 1. The molecule has 0 radical (unpaired) electrons. The average Bonchev–Trinajstić information content (AvgIpc) is 3.77. The van der Waals surface area contributed by atoms with Crippen LogP contribution in [-0.2, 0) is 6.42 Å². The van der Waals surface area contributed by atoms with E-state index in [1.807, 2.05) is 11.3 Å². The van der Waals surface area contributed by atoms with E-state index in [4.69, 9.17) is 0 Å². The molecule has 1 nitrogen and oxygen atoms in total. The van der Waals surface area contributed by atoms with Crippen molar-refractivity contribution >= 4 is 53.3 Å². The number of hydrogen-bond donors (Lipinski definition) is 0. The minimum Gasteiger partial charge on any atom is -0.309 e. The highest BCUT2D eigenvalue weighted by atomic mass is 32.1. The maximum atomic E-state index is 2.45. The molecule has 0 spiro atoms. The zero-order valence-corrected chi connectivity index (χ0v) is 25.3. The lowest BCUT2D eigenvalue weighted by atomic mass is 9.93. The Morgan fingerprint density at radius 3 is 2.13 bits per heavy atom. The van der Waals surface area contributed by atoms with Gasteiger partial charge in [0.25, 0.3) is 0 Å². The summed E-state index contributed by atoms with van der Waals surface area (Å²) in [7, 11) is 0. The predicted molar refractivity (Wildman–Crippen MR) is 193 cm³/mol. The molecule has 10 rings (SSSR count). The van der Waals surface area contributed by atoms with Crippen LogP contribution in [0, 0.1) is 0 Å². The monoisotopic (exact) mass is 589 g/mol. The van der Waals surface area contributed by atoms with E-state index in [-0.39, 0.29) is 0 Å². The predicted octanol–water partition coefficient (Wildman–Crippen LogP) is 12.1. The summed E-state index contributed by atoms with van der Waals surface area (Å²) in [6.07, 6.45) is 0.948. The highest BCUT2D eigenvalue weighted by molar-refractivity contribution is 7.26. The van der Waals surface area contributed by atoms with Crippen LogP contribution in [0.3, 0.4) is 0 Å². The Bertz CT molecular complexity index is 2620. The van der Waals surface area contributed by atoms with Crippen LogP contribution in [0.5, 0.6) is 0 Å². The van der Waals surface area contributed by atoms with Gasteiger partial charge < -0.3 is 4.57 Å². The molecule has 7 aromatic carbocycles. The van der Waals surface area contributed by atoms with Crippen molar-refractivity contribution in [2.24, 2.45) is 0 Å². The van der Waals surface area contributed by atoms with Crippen molar-refractivity contribution in [1.29, 1.82) is 0 Å². The number of rotatable bonds is 3. The largest absolute Gasteiger partial charge is 0.309 e. The molecule has 0 N–H and O–H groups in total. The first-order valence-electron chi connectivity index (χ1n) is 15.6. The van der Waals surface area contributed by atoms with Gasteiger partial charge in [-0.25, -0.2) is 0 Å². The molecule has 0 fully saturated rings. The van der Waals surface area contributed by atoms with Crippen LogP contribution in [0.4, 0.5) is 0 Å². The molecule has 1 aliphatic carbocycles. The lowest BCUT2D eigenvalue weighted by Gasteiger charge is -2.13. The Balaban J connectivity index is 1.14. The van der Waals surface area contributed by atoms with Crippen molar-refractivity contribution in [3.8, 4) is 39.1 Å². The quantitative estimate of drug-likeness (QED) is 0.193. The number of aromatic nitrogens is 1. The van der Waals surface area contributed by atoms with E-state index in [1.54, 1.807) is 0 Å². The van der Waals surface area contributed by atoms with Gasteiger partial charge in [-0.05, 0) is 81.8 Å². The Morgan fingerprint density at radius 2 is 1.20 bits per heavy atom. The van der Waals surface area contributed by atoms with Crippen LogP contribution in [0.25, 0.3) is 81.0 Å². The van der Waals surface area contributed by atoms with Crippen LogP contribution < -0.4 is 0 Å². The summed E-state index contributed by atoms with van der Waals surface area (Å²) in [4.78, 5) is 0. The number of nitrogens with zero attached hydrogens (tertiary/aromatic N) is 1. The second-order valence-corrected chi connectivity index (χ2v) is 13.1. The molecule has 0 saturated carbocycles. The smallest absolute Gasteiger partial charge is 0.0541 e. The van der Waals surface area contributed by atoms with Crippen molar-refractivity contribution in [2.45, 2.75) is 6.42 Å². The number of fused-ring (bicyclic) bond motifs is 9. The molecular weight excluding hydrogens is 563 g/mol. The average molecular weight is 590 g/mol. The summed E-state index contributed by atoms with van der Waals surface area (Å²) in [5.41, 5.74) is 14.4. The van der Waals surface area contributed by atoms with Gasteiger partial charge in [-0.3, -0.25) is 0 Å². The third kappa shape index (κ3) is 3.67. The second-order valence-electron chi connectivity index (χ2n) is 12.1. The summed E-state index contributed by atoms with van der Waals surface area (Å²) in [5, 5.41) is 5.27. The van der Waals surface area contributed by atoms with E-state index in [1.165, 1.54) is 92.2 Å². The molecule has 2 heterocycles. The van der Waals surface area contributed by atoms with Crippen LogP contribution in [0.15, 0.2) is 152 Å². The van der Waals surface area contributed by atoms with Crippen LogP contribution in [0.1, 0.15) is 11.1 Å². The van der Waals surface area contributed by atoms with Crippen LogP contribution in [-0.4, -0.2) is 4.57 Å². The Labute approximate surface area is 265 Å².